The lowest BCUT2D eigenvalue weighted by Crippen LogP contribution is -2.14. The molecule has 0 spiro atoms. The minimum absolute atomic E-state index is 0.0510. The number of anilines is 1. The Morgan fingerprint density at radius 3 is 2.59 bits per heavy atom. The zero-order valence-electron chi connectivity index (χ0n) is 15.3. The highest BCUT2D eigenvalue weighted by atomic mass is 79.9. The number of carbonyl (C=O) groups is 1. The van der Waals surface area contributed by atoms with Crippen molar-refractivity contribution in [2.75, 3.05) is 4.72 Å². The van der Waals surface area contributed by atoms with E-state index in [1.165, 1.54) is 18.2 Å². The summed E-state index contributed by atoms with van der Waals surface area (Å²) in [5, 5.41) is 0. The molecule has 2 aromatic carbocycles. The fourth-order valence-electron chi connectivity index (χ4n) is 2.76. The molecule has 0 fully saturated rings. The average molecular weight is 477 g/mol. The van der Waals surface area contributed by atoms with E-state index in [1.54, 1.807) is 36.7 Å². The van der Waals surface area contributed by atoms with Crippen LogP contribution in [-0.4, -0.2) is 19.2 Å². The number of pyridine rings is 1. The van der Waals surface area contributed by atoms with Gasteiger partial charge in [0.1, 0.15) is 16.5 Å². The van der Waals surface area contributed by atoms with Crippen LogP contribution in [0.15, 0.2) is 76.4 Å². The summed E-state index contributed by atoms with van der Waals surface area (Å²) in [5.74, 6) is -0.735. The second-order valence-electron chi connectivity index (χ2n) is 6.42. The van der Waals surface area contributed by atoms with E-state index in [0.717, 1.165) is 11.6 Å². The molecular weight excluding hydrogens is 459 g/mol. The first kappa shape index (κ1) is 21.1. The molecule has 0 bridgehead atoms. The molecule has 0 atom stereocenters. The minimum Gasteiger partial charge on any atom is -0.299 e. The molecule has 1 aromatic heterocycles. The summed E-state index contributed by atoms with van der Waals surface area (Å²) in [7, 11) is -3.87. The molecule has 0 amide bonds. The lowest BCUT2D eigenvalue weighted by atomic mass is 10.0. The highest BCUT2D eigenvalue weighted by molar-refractivity contribution is 9.10. The van der Waals surface area contributed by atoms with Gasteiger partial charge in [-0.1, -0.05) is 24.3 Å². The molecule has 150 valence electrons. The highest BCUT2D eigenvalue weighted by Gasteiger charge is 2.18. The summed E-state index contributed by atoms with van der Waals surface area (Å²) in [5.41, 5.74) is 1.26. The van der Waals surface area contributed by atoms with Crippen molar-refractivity contribution in [2.24, 2.45) is 0 Å². The maximum Gasteiger partial charge on any atom is 0.263 e. The number of aromatic nitrogens is 1. The van der Waals surface area contributed by atoms with E-state index in [1.807, 2.05) is 6.07 Å². The molecule has 3 rings (SSSR count). The van der Waals surface area contributed by atoms with Crippen molar-refractivity contribution in [3.05, 3.63) is 88.4 Å². The van der Waals surface area contributed by atoms with Gasteiger partial charge in [0.2, 0.25) is 0 Å². The standard InChI is InChI=1S/C21H18BrFN2O3S/c22-19-5-1-2-6-21(19)29(27,28)25-17-9-8-16(20(23)13-17)12-18(26)10-7-15-4-3-11-24-14-15/h1-6,8-9,11,13-14,25H,7,10,12H2. The van der Waals surface area contributed by atoms with Crippen molar-refractivity contribution in [3.8, 4) is 0 Å². The van der Waals surface area contributed by atoms with Gasteiger partial charge in [0.15, 0.2) is 0 Å². The van der Waals surface area contributed by atoms with E-state index < -0.39 is 15.8 Å². The number of benzene rings is 2. The molecule has 29 heavy (non-hydrogen) atoms. The van der Waals surface area contributed by atoms with Gasteiger partial charge in [-0.2, -0.15) is 0 Å². The van der Waals surface area contributed by atoms with Gasteiger partial charge in [-0.15, -0.1) is 0 Å². The van der Waals surface area contributed by atoms with E-state index in [0.29, 0.717) is 10.9 Å². The molecule has 1 heterocycles. The van der Waals surface area contributed by atoms with Crippen LogP contribution in [0.1, 0.15) is 17.5 Å². The van der Waals surface area contributed by atoms with Crippen molar-refractivity contribution < 1.29 is 17.6 Å². The number of aryl methyl sites for hydroxylation is 1. The number of halogens is 2. The maximum atomic E-state index is 14.4. The highest BCUT2D eigenvalue weighted by Crippen LogP contribution is 2.25. The minimum atomic E-state index is -3.87. The quantitative estimate of drug-likeness (QED) is 0.518. The van der Waals surface area contributed by atoms with Gasteiger partial charge in [0.05, 0.1) is 5.69 Å². The summed E-state index contributed by atoms with van der Waals surface area (Å²) >= 11 is 3.20. The Kier molecular flexibility index (Phi) is 6.76. The Morgan fingerprint density at radius 2 is 1.90 bits per heavy atom. The first-order valence-corrected chi connectivity index (χ1v) is 11.1. The normalized spacial score (nSPS) is 11.2. The topological polar surface area (TPSA) is 76.1 Å². The zero-order valence-corrected chi connectivity index (χ0v) is 17.7. The molecule has 0 radical (unpaired) electrons. The molecule has 8 heteroatoms. The van der Waals surface area contributed by atoms with Gasteiger partial charge in [0.25, 0.3) is 10.0 Å². The lowest BCUT2D eigenvalue weighted by Gasteiger charge is -2.11. The molecule has 3 aromatic rings. The molecule has 1 N–H and O–H groups in total. The van der Waals surface area contributed by atoms with Crippen LogP contribution < -0.4 is 4.72 Å². The van der Waals surface area contributed by atoms with Crippen molar-refractivity contribution >= 4 is 37.4 Å². The van der Waals surface area contributed by atoms with Gasteiger partial charge in [0, 0.05) is 29.7 Å². The van der Waals surface area contributed by atoms with Gasteiger partial charge < -0.3 is 0 Å². The Bertz CT molecular complexity index is 1120. The fraction of sp³-hybridized carbons (Fsp3) is 0.143. The van der Waals surface area contributed by atoms with E-state index in [-0.39, 0.29) is 34.8 Å². The van der Waals surface area contributed by atoms with Crippen LogP contribution in [0.5, 0.6) is 0 Å². The maximum absolute atomic E-state index is 14.4. The summed E-state index contributed by atoms with van der Waals surface area (Å²) in [6.07, 6.45) is 4.12. The van der Waals surface area contributed by atoms with E-state index in [9.17, 15) is 17.6 Å². The average Bonchev–Trinajstić information content (AvgIpc) is 2.69. The van der Waals surface area contributed by atoms with Crippen molar-refractivity contribution in [1.82, 2.24) is 4.98 Å². The monoisotopic (exact) mass is 476 g/mol. The molecule has 0 saturated carbocycles. The number of rotatable bonds is 8. The van der Waals surface area contributed by atoms with Crippen molar-refractivity contribution in [3.63, 3.8) is 0 Å². The molecule has 0 aliphatic rings. The SMILES string of the molecule is O=C(CCc1cccnc1)Cc1ccc(NS(=O)(=O)c2ccccc2Br)cc1F. The van der Waals surface area contributed by atoms with Crippen LogP contribution in [0.4, 0.5) is 10.1 Å². The Hall–Kier alpha value is -2.58. The zero-order chi connectivity index (χ0) is 20.9. The van der Waals surface area contributed by atoms with E-state index >= 15 is 0 Å². The van der Waals surface area contributed by atoms with Crippen LogP contribution in [0.3, 0.4) is 0 Å². The third-order valence-electron chi connectivity index (χ3n) is 4.23. The molecule has 5 nitrogen and oxygen atoms in total. The Balaban J connectivity index is 1.65. The van der Waals surface area contributed by atoms with Crippen LogP contribution in [0, 0.1) is 5.82 Å². The lowest BCUT2D eigenvalue weighted by molar-refractivity contribution is -0.118. The smallest absolute Gasteiger partial charge is 0.263 e. The van der Waals surface area contributed by atoms with Crippen molar-refractivity contribution in [1.29, 1.82) is 0 Å². The Morgan fingerprint density at radius 1 is 1.10 bits per heavy atom. The largest absolute Gasteiger partial charge is 0.299 e. The second kappa shape index (κ2) is 9.28. The molecule has 0 unspecified atom stereocenters. The molecule has 0 aliphatic carbocycles. The number of hydrogen-bond acceptors (Lipinski definition) is 4. The number of hydrogen-bond donors (Lipinski definition) is 1. The molecular formula is C21H18BrFN2O3S. The number of sulfonamides is 1. The number of ketones is 1. The third-order valence-corrected chi connectivity index (χ3v) is 6.63. The number of nitrogens with one attached hydrogen (secondary N) is 1. The fourth-order valence-corrected chi connectivity index (χ4v) is 4.81. The molecule has 0 aliphatic heterocycles. The van der Waals surface area contributed by atoms with Gasteiger partial charge in [-0.05, 0) is 63.8 Å². The molecule has 0 saturated heterocycles. The predicted octanol–water partition coefficient (Wildman–Crippen LogP) is 4.53. The van der Waals surface area contributed by atoms with Gasteiger partial charge in [-0.25, -0.2) is 12.8 Å². The predicted molar refractivity (Wildman–Crippen MR) is 113 cm³/mol. The van der Waals surface area contributed by atoms with Crippen LogP contribution >= 0.6 is 15.9 Å². The number of carbonyl (C=O) groups excluding carboxylic acids is 1. The summed E-state index contributed by atoms with van der Waals surface area (Å²) in [4.78, 5) is 16.2. The van der Waals surface area contributed by atoms with Crippen molar-refractivity contribution in [2.45, 2.75) is 24.2 Å². The summed E-state index contributed by atoms with van der Waals surface area (Å²) < 4.78 is 42.2. The Labute approximate surface area is 177 Å². The second-order valence-corrected chi connectivity index (χ2v) is 8.92. The van der Waals surface area contributed by atoms with Gasteiger partial charge >= 0.3 is 0 Å². The van der Waals surface area contributed by atoms with Crippen LogP contribution in [0.25, 0.3) is 0 Å². The third kappa shape index (κ3) is 5.71. The van der Waals surface area contributed by atoms with E-state index in [4.69, 9.17) is 0 Å². The van der Waals surface area contributed by atoms with Crippen LogP contribution in [-0.2, 0) is 27.7 Å². The van der Waals surface area contributed by atoms with E-state index in [2.05, 4.69) is 25.6 Å². The number of Topliss-reactive ketones (excluding diaryl/α,β-unsaturated/α-hetero) is 1. The number of nitrogens with zero attached hydrogens (tertiary/aromatic N) is 1. The van der Waals surface area contributed by atoms with Gasteiger partial charge in [-0.3, -0.25) is 14.5 Å². The first-order chi connectivity index (χ1) is 13.8. The summed E-state index contributed by atoms with van der Waals surface area (Å²) in [6.45, 7) is 0. The first-order valence-electron chi connectivity index (χ1n) is 8.81. The van der Waals surface area contributed by atoms with Crippen LogP contribution in [0.2, 0.25) is 0 Å². The summed E-state index contributed by atoms with van der Waals surface area (Å²) in [6, 6.07) is 14.0.